The van der Waals surface area contributed by atoms with Crippen LogP contribution in [-0.4, -0.2) is 49.8 Å². The minimum absolute atomic E-state index is 0.0954. The van der Waals surface area contributed by atoms with E-state index in [1.54, 1.807) is 37.3 Å². The second kappa shape index (κ2) is 12.9. The average Bonchev–Trinajstić information content (AvgIpc) is 2.91. The number of hydrogen-bond donors (Lipinski definition) is 1. The minimum atomic E-state index is -4.07. The molecule has 1 N–H and O–H groups in total. The number of aryl methyl sites for hydroxylation is 1. The molecular weight excluding hydrogens is 510 g/mol. The first kappa shape index (κ1) is 29.9. The molecular formula is C31H39N3O4S. The fourth-order valence-corrected chi connectivity index (χ4v) is 5.80. The normalized spacial score (nSPS) is 12.4. The van der Waals surface area contributed by atoms with Crippen molar-refractivity contribution in [2.45, 2.75) is 63.9 Å². The number of amides is 2. The third kappa shape index (κ3) is 7.93. The molecule has 0 heterocycles. The molecule has 0 aliphatic heterocycles. The molecule has 39 heavy (non-hydrogen) atoms. The Bertz CT molecular complexity index is 1350. The topological polar surface area (TPSA) is 86.8 Å². The first-order chi connectivity index (χ1) is 18.4. The molecule has 0 aliphatic rings. The van der Waals surface area contributed by atoms with Crippen molar-refractivity contribution in [3.63, 3.8) is 0 Å². The van der Waals surface area contributed by atoms with Crippen molar-refractivity contribution in [3.05, 3.63) is 96.1 Å². The van der Waals surface area contributed by atoms with Crippen LogP contribution in [0.4, 0.5) is 5.69 Å². The summed E-state index contributed by atoms with van der Waals surface area (Å²) in [4.78, 5) is 28.7. The number of nitrogens with one attached hydrogen (secondary N) is 1. The molecule has 0 bridgehead atoms. The van der Waals surface area contributed by atoms with Crippen molar-refractivity contribution in [1.82, 2.24) is 10.2 Å². The number of nitrogens with zero attached hydrogens (tertiary/aromatic N) is 2. The Morgan fingerprint density at radius 3 is 2.03 bits per heavy atom. The Kier molecular flexibility index (Phi) is 9.92. The molecule has 2 amide bonds. The standard InChI is InChI=1S/C31H39N3O4S/c1-6-26-17-13-14-20-28(26)34(39(37,38)27-18-11-8-12-19-27)23-29(35)33(22-21-25-15-9-7-10-16-25)24(2)30(36)32-31(3,4)5/h7-20,24H,6,21-23H2,1-5H3,(H,32,36)/t24-/m0/s1. The van der Waals surface area contributed by atoms with E-state index in [-0.39, 0.29) is 17.3 Å². The number of para-hydroxylation sites is 1. The number of benzene rings is 3. The maximum Gasteiger partial charge on any atom is 0.264 e. The Morgan fingerprint density at radius 1 is 0.872 bits per heavy atom. The second-order valence-electron chi connectivity index (χ2n) is 10.5. The van der Waals surface area contributed by atoms with Crippen LogP contribution in [0, 0.1) is 0 Å². The van der Waals surface area contributed by atoms with E-state index < -0.39 is 34.1 Å². The summed E-state index contributed by atoms with van der Waals surface area (Å²) in [5, 5.41) is 2.95. The van der Waals surface area contributed by atoms with Gasteiger partial charge >= 0.3 is 0 Å². The smallest absolute Gasteiger partial charge is 0.264 e. The van der Waals surface area contributed by atoms with Crippen molar-refractivity contribution in [2.24, 2.45) is 0 Å². The first-order valence-electron chi connectivity index (χ1n) is 13.2. The Morgan fingerprint density at radius 2 is 1.44 bits per heavy atom. The molecule has 3 aromatic rings. The molecule has 3 rings (SSSR count). The predicted molar refractivity (Wildman–Crippen MR) is 156 cm³/mol. The van der Waals surface area contributed by atoms with Crippen molar-refractivity contribution in [2.75, 3.05) is 17.4 Å². The molecule has 0 spiro atoms. The van der Waals surface area contributed by atoms with Gasteiger partial charge in [0, 0.05) is 12.1 Å². The largest absolute Gasteiger partial charge is 0.350 e. The molecule has 0 radical (unpaired) electrons. The summed E-state index contributed by atoms with van der Waals surface area (Å²) in [5.74, 6) is -0.747. The lowest BCUT2D eigenvalue weighted by atomic mass is 10.1. The van der Waals surface area contributed by atoms with Gasteiger partial charge in [-0.1, -0.05) is 73.7 Å². The molecule has 0 unspecified atom stereocenters. The molecule has 7 nitrogen and oxygen atoms in total. The second-order valence-corrected chi connectivity index (χ2v) is 12.4. The fourth-order valence-electron chi connectivity index (χ4n) is 4.33. The van der Waals surface area contributed by atoms with Gasteiger partial charge in [-0.25, -0.2) is 8.42 Å². The zero-order valence-corrected chi connectivity index (χ0v) is 24.2. The van der Waals surface area contributed by atoms with Crippen molar-refractivity contribution in [3.8, 4) is 0 Å². The first-order valence-corrected chi connectivity index (χ1v) is 14.7. The zero-order chi connectivity index (χ0) is 28.6. The van der Waals surface area contributed by atoms with E-state index in [9.17, 15) is 18.0 Å². The van der Waals surface area contributed by atoms with Crippen LogP contribution < -0.4 is 9.62 Å². The molecule has 0 fully saturated rings. The molecule has 0 saturated carbocycles. The van der Waals surface area contributed by atoms with Gasteiger partial charge < -0.3 is 10.2 Å². The molecule has 8 heteroatoms. The summed E-state index contributed by atoms with van der Waals surface area (Å²) in [5.41, 5.74) is 1.79. The molecule has 0 saturated heterocycles. The van der Waals surface area contributed by atoms with Crippen molar-refractivity contribution >= 4 is 27.5 Å². The Labute approximate surface area is 232 Å². The maximum absolute atomic E-state index is 14.0. The van der Waals surface area contributed by atoms with E-state index in [1.807, 2.05) is 70.2 Å². The van der Waals surface area contributed by atoms with Gasteiger partial charge in [0.2, 0.25) is 11.8 Å². The SMILES string of the molecule is CCc1ccccc1N(CC(=O)N(CCc1ccccc1)[C@@H](C)C(=O)NC(C)(C)C)S(=O)(=O)c1ccccc1. The number of sulfonamides is 1. The lowest BCUT2D eigenvalue weighted by Gasteiger charge is -2.34. The third-order valence-electron chi connectivity index (χ3n) is 6.40. The van der Waals surface area contributed by atoms with E-state index >= 15 is 0 Å². The maximum atomic E-state index is 14.0. The van der Waals surface area contributed by atoms with Crippen LogP contribution >= 0.6 is 0 Å². The Balaban J connectivity index is 2.01. The lowest BCUT2D eigenvalue weighted by molar-refractivity contribution is -0.139. The molecule has 0 aliphatic carbocycles. The van der Waals surface area contributed by atoms with E-state index in [1.165, 1.54) is 21.3 Å². The third-order valence-corrected chi connectivity index (χ3v) is 8.17. The van der Waals surface area contributed by atoms with E-state index in [0.717, 1.165) is 11.1 Å². The highest BCUT2D eigenvalue weighted by atomic mass is 32.2. The minimum Gasteiger partial charge on any atom is -0.350 e. The summed E-state index contributed by atoms with van der Waals surface area (Å²) in [6.07, 6.45) is 1.12. The van der Waals surface area contributed by atoms with Crippen LogP contribution in [0.3, 0.4) is 0 Å². The molecule has 208 valence electrons. The summed E-state index contributed by atoms with van der Waals surface area (Å²) >= 11 is 0. The van der Waals surface area contributed by atoms with Gasteiger partial charge in [0.1, 0.15) is 12.6 Å². The van der Waals surface area contributed by atoms with Gasteiger partial charge in [-0.05, 0) is 69.9 Å². The number of carbonyl (C=O) groups excluding carboxylic acids is 2. The molecule has 0 aromatic heterocycles. The number of anilines is 1. The van der Waals surface area contributed by atoms with Gasteiger partial charge in [-0.15, -0.1) is 0 Å². The van der Waals surface area contributed by atoms with Crippen LogP contribution in [0.15, 0.2) is 89.8 Å². The highest BCUT2D eigenvalue weighted by Gasteiger charge is 2.33. The fraction of sp³-hybridized carbons (Fsp3) is 0.355. The predicted octanol–water partition coefficient (Wildman–Crippen LogP) is 4.82. The van der Waals surface area contributed by atoms with Crippen LogP contribution in [0.2, 0.25) is 0 Å². The highest BCUT2D eigenvalue weighted by molar-refractivity contribution is 7.92. The Hall–Kier alpha value is -3.65. The number of rotatable bonds is 11. The van der Waals surface area contributed by atoms with Crippen LogP contribution in [0.5, 0.6) is 0 Å². The van der Waals surface area contributed by atoms with E-state index in [0.29, 0.717) is 18.5 Å². The average molecular weight is 550 g/mol. The monoisotopic (exact) mass is 549 g/mol. The van der Waals surface area contributed by atoms with Gasteiger partial charge in [0.05, 0.1) is 10.6 Å². The number of carbonyl (C=O) groups is 2. The van der Waals surface area contributed by atoms with Crippen molar-refractivity contribution < 1.29 is 18.0 Å². The van der Waals surface area contributed by atoms with Gasteiger partial charge in [0.25, 0.3) is 10.0 Å². The molecule has 1 atom stereocenters. The quantitative estimate of drug-likeness (QED) is 0.372. The number of hydrogen-bond acceptors (Lipinski definition) is 4. The lowest BCUT2D eigenvalue weighted by Crippen LogP contribution is -2.55. The molecule has 3 aromatic carbocycles. The van der Waals surface area contributed by atoms with Crippen LogP contribution in [0.25, 0.3) is 0 Å². The summed E-state index contributed by atoms with van der Waals surface area (Å²) in [6.45, 7) is 9.09. The van der Waals surface area contributed by atoms with Crippen LogP contribution in [-0.2, 0) is 32.5 Å². The summed E-state index contributed by atoms with van der Waals surface area (Å²) in [6, 6.07) is 24.2. The van der Waals surface area contributed by atoms with Gasteiger partial charge in [-0.3, -0.25) is 13.9 Å². The van der Waals surface area contributed by atoms with Crippen LogP contribution in [0.1, 0.15) is 45.7 Å². The zero-order valence-electron chi connectivity index (χ0n) is 23.4. The van der Waals surface area contributed by atoms with Gasteiger partial charge in [-0.2, -0.15) is 0 Å². The van der Waals surface area contributed by atoms with E-state index in [4.69, 9.17) is 0 Å². The summed E-state index contributed by atoms with van der Waals surface area (Å²) < 4.78 is 29.0. The van der Waals surface area contributed by atoms with Gasteiger partial charge in [0.15, 0.2) is 0 Å². The summed E-state index contributed by atoms with van der Waals surface area (Å²) in [7, 11) is -4.07. The van der Waals surface area contributed by atoms with E-state index in [2.05, 4.69) is 5.32 Å². The highest BCUT2D eigenvalue weighted by Crippen LogP contribution is 2.28. The van der Waals surface area contributed by atoms with Crippen molar-refractivity contribution in [1.29, 1.82) is 0 Å².